The summed E-state index contributed by atoms with van der Waals surface area (Å²) >= 11 is 0. The molecule has 1 amide bonds. The zero-order valence-electron chi connectivity index (χ0n) is 11.2. The molecule has 6 nitrogen and oxygen atoms in total. The maximum Gasteiger partial charge on any atom is 0.274 e. The Morgan fingerprint density at radius 1 is 1.40 bits per heavy atom. The van der Waals surface area contributed by atoms with E-state index in [4.69, 9.17) is 5.73 Å². The first-order valence-electron chi connectivity index (χ1n) is 6.83. The Labute approximate surface area is 117 Å². The number of nitro benzene ring substituents is 1. The number of hydrogen-bond acceptors (Lipinski definition) is 4. The van der Waals surface area contributed by atoms with Crippen molar-refractivity contribution in [2.75, 3.05) is 6.54 Å². The number of benzene rings is 1. The molecule has 0 spiro atoms. The van der Waals surface area contributed by atoms with Gasteiger partial charge in [-0.2, -0.15) is 0 Å². The Bertz CT molecular complexity index is 504. The minimum Gasteiger partial charge on any atom is -0.352 e. The number of carbonyl (C=O) groups excluding carboxylic acids is 1. The molecule has 1 aliphatic rings. The van der Waals surface area contributed by atoms with Gasteiger partial charge < -0.3 is 11.1 Å². The third-order valence-corrected chi connectivity index (χ3v) is 3.94. The molecule has 1 fully saturated rings. The fraction of sp³-hybridized carbons (Fsp3) is 0.500. The molecule has 1 aromatic carbocycles. The number of hydrogen-bond donors (Lipinski definition) is 2. The summed E-state index contributed by atoms with van der Waals surface area (Å²) in [7, 11) is 0. The number of rotatable bonds is 5. The molecule has 1 saturated carbocycles. The standard InChI is InChI=1S/C14H19N3O3/c15-8-10-5-3-6-12(10)14(18)16-9-11-4-1-2-7-13(11)17(19)20/h1-2,4,7,10,12H,3,5-6,8-9,15H2,(H,16,18). The smallest absolute Gasteiger partial charge is 0.274 e. The molecule has 108 valence electrons. The highest BCUT2D eigenvalue weighted by atomic mass is 16.6. The predicted molar refractivity (Wildman–Crippen MR) is 74.8 cm³/mol. The number of nitrogens with zero attached hydrogens (tertiary/aromatic N) is 1. The van der Waals surface area contributed by atoms with Crippen molar-refractivity contribution in [2.45, 2.75) is 25.8 Å². The SMILES string of the molecule is NCC1CCCC1C(=O)NCc1ccccc1[N+](=O)[O-]. The highest BCUT2D eigenvalue weighted by Crippen LogP contribution is 2.31. The van der Waals surface area contributed by atoms with Gasteiger partial charge in [0.25, 0.3) is 5.69 Å². The Kier molecular flexibility index (Phi) is 4.68. The number of nitro groups is 1. The van der Waals surface area contributed by atoms with Crippen LogP contribution >= 0.6 is 0 Å². The molecule has 3 N–H and O–H groups in total. The van der Waals surface area contributed by atoms with Gasteiger partial charge in [0, 0.05) is 24.1 Å². The molecule has 0 heterocycles. The minimum atomic E-state index is -0.431. The van der Waals surface area contributed by atoms with Crippen LogP contribution in [0.3, 0.4) is 0 Å². The number of para-hydroxylation sites is 1. The second kappa shape index (κ2) is 6.47. The van der Waals surface area contributed by atoms with Gasteiger partial charge in [-0.1, -0.05) is 24.6 Å². The van der Waals surface area contributed by atoms with Crippen LogP contribution in [0.5, 0.6) is 0 Å². The van der Waals surface area contributed by atoms with E-state index >= 15 is 0 Å². The van der Waals surface area contributed by atoms with E-state index < -0.39 is 4.92 Å². The van der Waals surface area contributed by atoms with Gasteiger partial charge in [0.1, 0.15) is 0 Å². The lowest BCUT2D eigenvalue weighted by atomic mass is 9.95. The van der Waals surface area contributed by atoms with Crippen LogP contribution in [0, 0.1) is 22.0 Å². The first kappa shape index (κ1) is 14.5. The van der Waals surface area contributed by atoms with Crippen molar-refractivity contribution in [1.29, 1.82) is 0 Å². The third-order valence-electron chi connectivity index (χ3n) is 3.94. The molecule has 0 saturated heterocycles. The first-order chi connectivity index (χ1) is 9.63. The van der Waals surface area contributed by atoms with Crippen LogP contribution in [-0.2, 0) is 11.3 Å². The first-order valence-corrected chi connectivity index (χ1v) is 6.83. The predicted octanol–water partition coefficient (Wildman–Crippen LogP) is 1.59. The second-order valence-electron chi connectivity index (χ2n) is 5.14. The summed E-state index contributed by atoms with van der Waals surface area (Å²) in [5, 5.41) is 13.7. The number of nitrogens with two attached hydrogens (primary N) is 1. The van der Waals surface area contributed by atoms with Crippen LogP contribution in [0.2, 0.25) is 0 Å². The van der Waals surface area contributed by atoms with Gasteiger partial charge in [-0.3, -0.25) is 14.9 Å². The van der Waals surface area contributed by atoms with Gasteiger partial charge in [0.2, 0.25) is 5.91 Å². The lowest BCUT2D eigenvalue weighted by Gasteiger charge is -2.17. The molecular formula is C14H19N3O3. The Hall–Kier alpha value is -1.95. The van der Waals surface area contributed by atoms with Gasteiger partial charge in [-0.15, -0.1) is 0 Å². The van der Waals surface area contributed by atoms with E-state index in [-0.39, 0.29) is 30.0 Å². The molecule has 1 aromatic rings. The molecule has 6 heteroatoms. The number of amides is 1. The van der Waals surface area contributed by atoms with Crippen LogP contribution in [0.15, 0.2) is 24.3 Å². The van der Waals surface area contributed by atoms with Crippen LogP contribution in [-0.4, -0.2) is 17.4 Å². The van der Waals surface area contributed by atoms with Crippen molar-refractivity contribution >= 4 is 11.6 Å². The molecule has 1 aliphatic carbocycles. The molecule has 2 atom stereocenters. The molecule has 0 aromatic heterocycles. The van der Waals surface area contributed by atoms with E-state index in [1.807, 2.05) is 0 Å². The van der Waals surface area contributed by atoms with Gasteiger partial charge in [0.15, 0.2) is 0 Å². The molecule has 0 radical (unpaired) electrons. The number of nitrogens with one attached hydrogen (secondary N) is 1. The van der Waals surface area contributed by atoms with Crippen molar-refractivity contribution in [1.82, 2.24) is 5.32 Å². The van der Waals surface area contributed by atoms with Crippen LogP contribution in [0.1, 0.15) is 24.8 Å². The van der Waals surface area contributed by atoms with Crippen molar-refractivity contribution in [3.05, 3.63) is 39.9 Å². The molecule has 20 heavy (non-hydrogen) atoms. The van der Waals surface area contributed by atoms with E-state index in [0.29, 0.717) is 12.1 Å². The van der Waals surface area contributed by atoms with Crippen LogP contribution < -0.4 is 11.1 Å². The zero-order chi connectivity index (χ0) is 14.5. The highest BCUT2D eigenvalue weighted by Gasteiger charge is 2.31. The molecule has 0 aliphatic heterocycles. The molecule has 2 unspecified atom stereocenters. The minimum absolute atomic E-state index is 0.0367. The Morgan fingerprint density at radius 3 is 2.85 bits per heavy atom. The van der Waals surface area contributed by atoms with Crippen molar-refractivity contribution in [2.24, 2.45) is 17.6 Å². The van der Waals surface area contributed by atoms with Crippen molar-refractivity contribution in [3.8, 4) is 0 Å². The van der Waals surface area contributed by atoms with Crippen LogP contribution in [0.25, 0.3) is 0 Å². The quantitative estimate of drug-likeness (QED) is 0.630. The maximum absolute atomic E-state index is 12.1. The normalized spacial score (nSPS) is 21.6. The molecule has 0 bridgehead atoms. The van der Waals surface area contributed by atoms with Gasteiger partial charge in [-0.05, 0) is 25.3 Å². The molecular weight excluding hydrogens is 258 g/mol. The van der Waals surface area contributed by atoms with Gasteiger partial charge in [0.05, 0.1) is 4.92 Å². The van der Waals surface area contributed by atoms with Gasteiger partial charge in [-0.25, -0.2) is 0 Å². The van der Waals surface area contributed by atoms with E-state index in [2.05, 4.69) is 5.32 Å². The fourth-order valence-electron chi connectivity index (χ4n) is 2.82. The monoisotopic (exact) mass is 277 g/mol. The average Bonchev–Trinajstić information content (AvgIpc) is 2.93. The van der Waals surface area contributed by atoms with E-state index in [1.165, 1.54) is 6.07 Å². The second-order valence-corrected chi connectivity index (χ2v) is 5.14. The topological polar surface area (TPSA) is 98.3 Å². The summed E-state index contributed by atoms with van der Waals surface area (Å²) in [6.45, 7) is 0.702. The van der Waals surface area contributed by atoms with E-state index in [1.54, 1.807) is 18.2 Å². The van der Waals surface area contributed by atoms with Crippen LogP contribution in [0.4, 0.5) is 5.69 Å². The largest absolute Gasteiger partial charge is 0.352 e. The third kappa shape index (κ3) is 3.14. The van der Waals surface area contributed by atoms with Crippen molar-refractivity contribution in [3.63, 3.8) is 0 Å². The highest BCUT2D eigenvalue weighted by molar-refractivity contribution is 5.79. The summed E-state index contributed by atoms with van der Waals surface area (Å²) in [6.07, 6.45) is 2.86. The Morgan fingerprint density at radius 2 is 2.15 bits per heavy atom. The Balaban J connectivity index is 1.98. The zero-order valence-corrected chi connectivity index (χ0v) is 11.2. The fourth-order valence-corrected chi connectivity index (χ4v) is 2.82. The lowest BCUT2D eigenvalue weighted by Crippen LogP contribution is -2.34. The van der Waals surface area contributed by atoms with E-state index in [9.17, 15) is 14.9 Å². The lowest BCUT2D eigenvalue weighted by molar-refractivity contribution is -0.385. The average molecular weight is 277 g/mol. The summed E-state index contributed by atoms with van der Waals surface area (Å²) in [5.74, 6) is 0.139. The number of carbonyl (C=O) groups is 1. The molecule has 2 rings (SSSR count). The summed E-state index contributed by atoms with van der Waals surface area (Å²) in [4.78, 5) is 22.6. The summed E-state index contributed by atoms with van der Waals surface area (Å²) in [5.41, 5.74) is 6.22. The maximum atomic E-state index is 12.1. The summed E-state index contributed by atoms with van der Waals surface area (Å²) in [6, 6.07) is 6.45. The van der Waals surface area contributed by atoms with E-state index in [0.717, 1.165) is 19.3 Å². The van der Waals surface area contributed by atoms with Crippen molar-refractivity contribution < 1.29 is 9.72 Å². The van der Waals surface area contributed by atoms with Gasteiger partial charge >= 0.3 is 0 Å². The summed E-state index contributed by atoms with van der Waals surface area (Å²) < 4.78 is 0.